The number of carboxylic acids is 1. The van der Waals surface area contributed by atoms with Crippen LogP contribution in [0.5, 0.6) is 0 Å². The second-order valence-electron chi connectivity index (χ2n) is 9.19. The van der Waals surface area contributed by atoms with Gasteiger partial charge in [-0.1, -0.05) is 33.1 Å². The summed E-state index contributed by atoms with van der Waals surface area (Å²) in [6, 6.07) is -1.18. The molecule has 0 heterocycles. The fourth-order valence-electron chi connectivity index (χ4n) is 3.10. The first-order valence-corrected chi connectivity index (χ1v) is 11.5. The summed E-state index contributed by atoms with van der Waals surface area (Å²) in [6.07, 6.45) is 3.42. The molecule has 33 heavy (non-hydrogen) atoms. The molecule has 1 amide bonds. The third-order valence-corrected chi connectivity index (χ3v) is 5.20. The minimum absolute atomic E-state index is 0.0123. The lowest BCUT2D eigenvalue weighted by atomic mass is 9.95. The molecule has 3 atom stereocenters. The molecule has 0 spiro atoms. The molecule has 0 fully saturated rings. The van der Waals surface area contributed by atoms with Gasteiger partial charge in [0.1, 0.15) is 5.60 Å². The Labute approximate surface area is 196 Å². The van der Waals surface area contributed by atoms with Gasteiger partial charge in [-0.3, -0.25) is 10.3 Å². The van der Waals surface area contributed by atoms with Crippen molar-refractivity contribution in [1.82, 2.24) is 10.3 Å². The molecule has 0 aromatic rings. The maximum atomic E-state index is 11.6. The Hall–Kier alpha value is -2.63. The molecular weight excluding hydrogens is 432 g/mol. The summed E-state index contributed by atoms with van der Waals surface area (Å²) in [5.41, 5.74) is 11.0. The summed E-state index contributed by atoms with van der Waals surface area (Å²) in [5.74, 6) is -1.01. The predicted molar refractivity (Wildman–Crippen MR) is 126 cm³/mol. The van der Waals surface area contributed by atoms with E-state index in [2.05, 4.69) is 24.2 Å². The van der Waals surface area contributed by atoms with Crippen molar-refractivity contribution in [1.29, 1.82) is 0 Å². The minimum Gasteiger partial charge on any atom is -0.480 e. The van der Waals surface area contributed by atoms with Crippen molar-refractivity contribution in [3.63, 3.8) is 0 Å². The number of rotatable bonds is 15. The van der Waals surface area contributed by atoms with Crippen LogP contribution < -0.4 is 16.8 Å². The molecule has 0 bridgehead atoms. The van der Waals surface area contributed by atoms with E-state index in [9.17, 15) is 24.8 Å². The summed E-state index contributed by atoms with van der Waals surface area (Å²) in [5, 5.41) is 23.3. The van der Waals surface area contributed by atoms with Gasteiger partial charge in [0.05, 0.1) is 6.54 Å². The molecule has 192 valence electrons. The molecule has 6 N–H and O–H groups in total. The first-order valence-electron chi connectivity index (χ1n) is 11.5. The van der Waals surface area contributed by atoms with Crippen LogP contribution in [0.3, 0.4) is 0 Å². The lowest BCUT2D eigenvalue weighted by Crippen LogP contribution is -2.45. The highest BCUT2D eigenvalue weighted by atomic mass is 16.7. The van der Waals surface area contributed by atoms with Crippen LogP contribution in [0.2, 0.25) is 0 Å². The Balaban J connectivity index is 4.59. The summed E-state index contributed by atoms with van der Waals surface area (Å²) in [6.45, 7) is 9.43. The number of ether oxygens (including phenoxy) is 1. The molecule has 0 aliphatic carbocycles. The van der Waals surface area contributed by atoms with Gasteiger partial charge in [-0.05, 0) is 52.4 Å². The summed E-state index contributed by atoms with van der Waals surface area (Å²) in [7, 11) is 0. The molecule has 0 aliphatic rings. The topological polar surface area (TPSA) is 186 Å². The van der Waals surface area contributed by atoms with Gasteiger partial charge in [-0.25, -0.2) is 19.7 Å². The zero-order valence-electron chi connectivity index (χ0n) is 20.6. The number of carboxylic acid groups (broad SMARTS) is 1. The van der Waals surface area contributed by atoms with Crippen molar-refractivity contribution in [2.45, 2.75) is 97.2 Å². The van der Waals surface area contributed by atoms with Crippen LogP contribution in [0.25, 0.3) is 0 Å². The van der Waals surface area contributed by atoms with E-state index in [0.717, 1.165) is 30.7 Å². The van der Waals surface area contributed by atoms with Crippen LogP contribution in [0.15, 0.2) is 4.99 Å². The largest absolute Gasteiger partial charge is 0.480 e. The summed E-state index contributed by atoms with van der Waals surface area (Å²) < 4.78 is 5.05. The molecule has 0 radical (unpaired) electrons. The second-order valence-corrected chi connectivity index (χ2v) is 9.19. The molecule has 0 rings (SSSR count). The molecule has 0 saturated carbocycles. The first-order chi connectivity index (χ1) is 15.3. The number of aliphatic carboxylic acids is 1. The number of hydrazine groups is 1. The van der Waals surface area contributed by atoms with Gasteiger partial charge in [-0.15, -0.1) is 5.01 Å². The molecule has 2 unspecified atom stereocenters. The number of carbonyl (C=O) groups excluding carboxylic acids is 1. The first kappa shape index (κ1) is 30.4. The number of unbranched alkanes of at least 4 members (excludes halogenated alkanes) is 2. The lowest BCUT2D eigenvalue weighted by molar-refractivity contribution is -0.661. The van der Waals surface area contributed by atoms with Gasteiger partial charge in [0, 0.05) is 12.6 Å². The maximum Gasteiger partial charge on any atom is 0.414 e. The van der Waals surface area contributed by atoms with E-state index in [-0.39, 0.29) is 37.9 Å². The minimum atomic E-state index is -1.28. The molecule has 12 nitrogen and oxygen atoms in total. The highest BCUT2D eigenvalue weighted by molar-refractivity contribution is 5.92. The Morgan fingerprint density at radius 1 is 1.21 bits per heavy atom. The number of carbonyl (C=O) groups is 2. The van der Waals surface area contributed by atoms with E-state index >= 15 is 0 Å². The Kier molecular flexibility index (Phi) is 14.0. The standard InChI is InChI=1S/C21H42N6O6/c1-6-15(2)16(22)11-8-7-9-14-26(27(31)32)17(18(28)29)12-10-13-24-19(23)25-20(30)33-21(3,4)5/h15-17H,6-14,22H2,1-5H3,(H,28,29)(H3,23,24,25,30)/t15?,16?,17-/m1/s1. The van der Waals surface area contributed by atoms with Crippen molar-refractivity contribution < 1.29 is 24.5 Å². The molecule has 0 aliphatic heterocycles. The zero-order chi connectivity index (χ0) is 25.6. The van der Waals surface area contributed by atoms with Gasteiger partial charge in [0.2, 0.25) is 0 Å². The Bertz CT molecular complexity index is 652. The quantitative estimate of drug-likeness (QED) is 0.0909. The number of amides is 1. The number of nitrogens with one attached hydrogen (secondary N) is 1. The van der Waals surface area contributed by atoms with Gasteiger partial charge in [0.25, 0.3) is 0 Å². The Morgan fingerprint density at radius 2 is 1.85 bits per heavy atom. The van der Waals surface area contributed by atoms with E-state index in [1.807, 2.05) is 0 Å². The smallest absolute Gasteiger partial charge is 0.414 e. The zero-order valence-corrected chi connectivity index (χ0v) is 20.6. The lowest BCUT2D eigenvalue weighted by Gasteiger charge is -2.22. The van der Waals surface area contributed by atoms with E-state index in [4.69, 9.17) is 16.2 Å². The molecule has 0 aromatic carbocycles. The summed E-state index contributed by atoms with van der Waals surface area (Å²) in [4.78, 5) is 38.7. The number of hydrogen-bond acceptors (Lipinski definition) is 7. The highest BCUT2D eigenvalue weighted by Gasteiger charge is 2.32. The number of nitro groups is 1. The van der Waals surface area contributed by atoms with Crippen molar-refractivity contribution in [2.24, 2.45) is 22.4 Å². The normalized spacial score (nSPS) is 14.8. The van der Waals surface area contributed by atoms with Gasteiger partial charge >= 0.3 is 12.1 Å². The third kappa shape index (κ3) is 14.2. The van der Waals surface area contributed by atoms with Crippen molar-refractivity contribution >= 4 is 18.0 Å². The fourth-order valence-corrected chi connectivity index (χ4v) is 3.10. The van der Waals surface area contributed by atoms with Crippen LogP contribution in [-0.2, 0) is 9.53 Å². The highest BCUT2D eigenvalue weighted by Crippen LogP contribution is 2.14. The second kappa shape index (κ2) is 15.3. The van der Waals surface area contributed by atoms with Gasteiger partial charge in [-0.2, -0.15) is 0 Å². The van der Waals surface area contributed by atoms with Gasteiger partial charge in [0.15, 0.2) is 17.0 Å². The van der Waals surface area contributed by atoms with Crippen LogP contribution in [0.1, 0.15) is 79.6 Å². The third-order valence-electron chi connectivity index (χ3n) is 5.20. The average molecular weight is 475 g/mol. The number of guanidine groups is 1. The van der Waals surface area contributed by atoms with Crippen LogP contribution in [0, 0.1) is 16.0 Å². The monoisotopic (exact) mass is 474 g/mol. The SMILES string of the molecule is CCC(C)C(N)CCCCCN([C@H](CCCN=C(N)NC(=O)OC(C)(C)C)C(=O)O)[N+](=O)[O-]. The summed E-state index contributed by atoms with van der Waals surface area (Å²) >= 11 is 0. The number of aliphatic imine (C=N–C) groups is 1. The number of alkyl carbamates (subject to hydrolysis) is 1. The number of nitrogens with zero attached hydrogens (tertiary/aromatic N) is 3. The molecule has 12 heteroatoms. The average Bonchev–Trinajstić information content (AvgIpc) is 2.68. The molecule has 0 saturated heterocycles. The number of hydrogen-bond donors (Lipinski definition) is 4. The Morgan fingerprint density at radius 3 is 2.36 bits per heavy atom. The fraction of sp³-hybridized carbons (Fsp3) is 0.857. The van der Waals surface area contributed by atoms with Gasteiger partial charge < -0.3 is 21.3 Å². The van der Waals surface area contributed by atoms with E-state index in [1.54, 1.807) is 20.8 Å². The van der Waals surface area contributed by atoms with Crippen molar-refractivity contribution in [3.05, 3.63) is 10.1 Å². The van der Waals surface area contributed by atoms with E-state index in [1.165, 1.54) is 0 Å². The molecular formula is C21H42N6O6. The van der Waals surface area contributed by atoms with Crippen LogP contribution >= 0.6 is 0 Å². The van der Waals surface area contributed by atoms with Crippen molar-refractivity contribution in [3.8, 4) is 0 Å². The van der Waals surface area contributed by atoms with E-state index in [0.29, 0.717) is 12.3 Å². The van der Waals surface area contributed by atoms with Crippen LogP contribution in [0.4, 0.5) is 4.79 Å². The van der Waals surface area contributed by atoms with Crippen LogP contribution in [-0.4, -0.2) is 63.9 Å². The number of nitrogens with two attached hydrogens (primary N) is 2. The predicted octanol–water partition coefficient (Wildman–Crippen LogP) is 2.49. The molecule has 0 aromatic heterocycles. The van der Waals surface area contributed by atoms with Crippen molar-refractivity contribution in [2.75, 3.05) is 13.1 Å². The maximum absolute atomic E-state index is 11.6. The van der Waals surface area contributed by atoms with E-state index < -0.39 is 28.7 Å².